The van der Waals surface area contributed by atoms with E-state index >= 15 is 0 Å². The third-order valence-corrected chi connectivity index (χ3v) is 5.88. The molecule has 1 fully saturated rings. The Bertz CT molecular complexity index is 1060. The molecule has 146 valence electrons. The summed E-state index contributed by atoms with van der Waals surface area (Å²) in [5.41, 5.74) is 2.80. The zero-order valence-corrected chi connectivity index (χ0v) is 16.4. The van der Waals surface area contributed by atoms with E-state index < -0.39 is 0 Å². The van der Waals surface area contributed by atoms with Crippen LogP contribution in [0.15, 0.2) is 58.1 Å². The predicted octanol–water partition coefficient (Wildman–Crippen LogP) is 2.95. The van der Waals surface area contributed by atoms with E-state index in [4.69, 9.17) is 0 Å². The number of nitrogens with zero attached hydrogens (tertiary/aromatic N) is 2. The average Bonchev–Trinajstić information content (AvgIpc) is 2.71. The van der Waals surface area contributed by atoms with Gasteiger partial charge in [0.15, 0.2) is 0 Å². The number of rotatable bonds is 5. The van der Waals surface area contributed by atoms with Crippen molar-refractivity contribution in [3.05, 3.63) is 80.5 Å². The van der Waals surface area contributed by atoms with Crippen molar-refractivity contribution >= 4 is 10.9 Å². The molecular weight excluding hydrogens is 350 g/mol. The van der Waals surface area contributed by atoms with Gasteiger partial charge >= 0.3 is 5.69 Å². The van der Waals surface area contributed by atoms with E-state index in [1.54, 1.807) is 12.1 Å². The van der Waals surface area contributed by atoms with Crippen molar-refractivity contribution in [3.8, 4) is 0 Å². The zero-order chi connectivity index (χ0) is 19.5. The molecule has 2 heterocycles. The molecule has 0 atom stereocenters. The molecule has 1 N–H and O–H groups in total. The topological polar surface area (TPSA) is 58.1 Å². The number of piperidine rings is 1. The summed E-state index contributed by atoms with van der Waals surface area (Å²) in [6, 6.07) is 16.0. The van der Waals surface area contributed by atoms with Crippen molar-refractivity contribution < 1.29 is 0 Å². The smallest absolute Gasteiger partial charge is 0.307 e. The van der Waals surface area contributed by atoms with Gasteiger partial charge in [0, 0.05) is 13.1 Å². The van der Waals surface area contributed by atoms with Crippen LogP contribution < -0.4 is 11.2 Å². The van der Waals surface area contributed by atoms with Crippen LogP contribution in [0.25, 0.3) is 10.9 Å². The minimum atomic E-state index is -0.321. The minimum Gasteiger partial charge on any atom is -0.307 e. The van der Waals surface area contributed by atoms with Crippen LogP contribution in [0.2, 0.25) is 0 Å². The second kappa shape index (κ2) is 8.15. The highest BCUT2D eigenvalue weighted by molar-refractivity contribution is 5.76. The normalized spacial score (nSPS) is 15.9. The molecule has 5 nitrogen and oxygen atoms in total. The molecule has 0 bridgehead atoms. The molecule has 5 heteroatoms. The Balaban J connectivity index is 1.34. The van der Waals surface area contributed by atoms with Crippen LogP contribution in [-0.2, 0) is 13.0 Å². The Morgan fingerprint density at radius 1 is 0.964 bits per heavy atom. The standard InChI is InChI=1S/C23H27N3O2/c1-17-6-8-18(9-7-17)16-19-10-12-25(13-11-19)14-15-26-22(27)20-4-2-3-5-21(20)24-23(26)28/h2-9,19H,10-16H2,1H3,(H,24,28). The maximum Gasteiger partial charge on any atom is 0.328 e. The fourth-order valence-corrected chi connectivity index (χ4v) is 4.12. The van der Waals surface area contributed by atoms with Gasteiger partial charge in [-0.2, -0.15) is 0 Å². The van der Waals surface area contributed by atoms with Crippen LogP contribution in [-0.4, -0.2) is 34.1 Å². The molecule has 2 aromatic carbocycles. The number of aromatic amines is 1. The van der Waals surface area contributed by atoms with Gasteiger partial charge in [-0.15, -0.1) is 0 Å². The number of hydrogen-bond donors (Lipinski definition) is 1. The molecule has 0 unspecified atom stereocenters. The number of likely N-dealkylation sites (tertiary alicyclic amines) is 1. The molecule has 0 spiro atoms. The highest BCUT2D eigenvalue weighted by Crippen LogP contribution is 2.21. The summed E-state index contributed by atoms with van der Waals surface area (Å²) in [6.07, 6.45) is 3.46. The number of aryl methyl sites for hydroxylation is 1. The molecule has 0 aliphatic carbocycles. The van der Waals surface area contributed by atoms with Crippen LogP contribution in [0, 0.1) is 12.8 Å². The van der Waals surface area contributed by atoms with E-state index in [0.29, 0.717) is 23.4 Å². The summed E-state index contributed by atoms with van der Waals surface area (Å²) in [6.45, 7) is 5.34. The molecule has 0 radical (unpaired) electrons. The number of para-hydroxylation sites is 1. The van der Waals surface area contributed by atoms with Crippen molar-refractivity contribution in [1.29, 1.82) is 0 Å². The molecule has 1 aliphatic rings. The summed E-state index contributed by atoms with van der Waals surface area (Å²) < 4.78 is 1.33. The fraction of sp³-hybridized carbons (Fsp3) is 0.391. The molecule has 4 rings (SSSR count). The minimum absolute atomic E-state index is 0.200. The van der Waals surface area contributed by atoms with Crippen molar-refractivity contribution in [2.24, 2.45) is 5.92 Å². The molecule has 0 saturated carbocycles. The largest absolute Gasteiger partial charge is 0.328 e. The zero-order valence-electron chi connectivity index (χ0n) is 16.4. The molecular formula is C23H27N3O2. The molecule has 3 aromatic rings. The fourth-order valence-electron chi connectivity index (χ4n) is 4.12. The lowest BCUT2D eigenvalue weighted by Crippen LogP contribution is -2.41. The average molecular weight is 377 g/mol. The summed E-state index contributed by atoms with van der Waals surface area (Å²) in [5, 5.41) is 0.568. The number of H-pyrrole nitrogens is 1. The van der Waals surface area contributed by atoms with Crippen molar-refractivity contribution in [3.63, 3.8) is 0 Å². The van der Waals surface area contributed by atoms with E-state index in [-0.39, 0.29) is 11.2 Å². The van der Waals surface area contributed by atoms with Crippen molar-refractivity contribution in [2.45, 2.75) is 32.7 Å². The van der Waals surface area contributed by atoms with Crippen LogP contribution in [0.5, 0.6) is 0 Å². The molecule has 1 saturated heterocycles. The Kier molecular flexibility index (Phi) is 5.44. The lowest BCUT2D eigenvalue weighted by Gasteiger charge is -2.32. The first-order valence-corrected chi connectivity index (χ1v) is 10.1. The van der Waals surface area contributed by atoms with E-state index in [1.165, 1.54) is 15.7 Å². The summed E-state index contributed by atoms with van der Waals surface area (Å²) in [4.78, 5) is 30.1. The van der Waals surface area contributed by atoms with E-state index in [0.717, 1.165) is 38.9 Å². The second-order valence-corrected chi connectivity index (χ2v) is 7.91. The summed E-state index contributed by atoms with van der Waals surface area (Å²) >= 11 is 0. The van der Waals surface area contributed by atoms with Crippen LogP contribution in [0.1, 0.15) is 24.0 Å². The Morgan fingerprint density at radius 2 is 1.68 bits per heavy atom. The third-order valence-electron chi connectivity index (χ3n) is 5.88. The van der Waals surface area contributed by atoms with Gasteiger partial charge in [-0.05, 0) is 62.9 Å². The number of benzene rings is 2. The molecule has 28 heavy (non-hydrogen) atoms. The molecule has 0 amide bonds. The van der Waals surface area contributed by atoms with E-state index in [1.807, 2.05) is 12.1 Å². The van der Waals surface area contributed by atoms with Gasteiger partial charge in [-0.25, -0.2) is 4.79 Å². The van der Waals surface area contributed by atoms with E-state index in [9.17, 15) is 9.59 Å². The van der Waals surface area contributed by atoms with Crippen molar-refractivity contribution in [1.82, 2.24) is 14.5 Å². The quantitative estimate of drug-likeness (QED) is 0.744. The van der Waals surface area contributed by atoms with Crippen LogP contribution in [0.4, 0.5) is 0 Å². The van der Waals surface area contributed by atoms with Gasteiger partial charge in [-0.1, -0.05) is 42.0 Å². The van der Waals surface area contributed by atoms with E-state index in [2.05, 4.69) is 41.1 Å². The highest BCUT2D eigenvalue weighted by atomic mass is 16.2. The second-order valence-electron chi connectivity index (χ2n) is 7.91. The maximum absolute atomic E-state index is 12.6. The number of nitrogens with one attached hydrogen (secondary N) is 1. The van der Waals surface area contributed by atoms with Gasteiger partial charge in [-0.3, -0.25) is 9.36 Å². The first-order valence-electron chi connectivity index (χ1n) is 10.1. The van der Waals surface area contributed by atoms with Gasteiger partial charge in [0.25, 0.3) is 5.56 Å². The number of hydrogen-bond acceptors (Lipinski definition) is 3. The third kappa shape index (κ3) is 4.09. The number of aromatic nitrogens is 2. The lowest BCUT2D eigenvalue weighted by molar-refractivity contribution is 0.177. The van der Waals surface area contributed by atoms with Crippen molar-refractivity contribution in [2.75, 3.05) is 19.6 Å². The SMILES string of the molecule is Cc1ccc(CC2CCN(CCn3c(=O)[nH]c4ccccc4c3=O)CC2)cc1. The Labute approximate surface area is 164 Å². The van der Waals surface area contributed by atoms with Gasteiger partial charge < -0.3 is 9.88 Å². The first kappa shape index (κ1) is 18.7. The van der Waals surface area contributed by atoms with Gasteiger partial charge in [0.1, 0.15) is 0 Å². The maximum atomic E-state index is 12.6. The number of fused-ring (bicyclic) bond motifs is 1. The highest BCUT2D eigenvalue weighted by Gasteiger charge is 2.19. The van der Waals surface area contributed by atoms with Crippen LogP contribution in [0.3, 0.4) is 0 Å². The molecule has 1 aliphatic heterocycles. The van der Waals surface area contributed by atoms with Crippen LogP contribution >= 0.6 is 0 Å². The summed E-state index contributed by atoms with van der Waals surface area (Å²) in [5.74, 6) is 0.714. The Morgan fingerprint density at radius 3 is 2.43 bits per heavy atom. The van der Waals surface area contributed by atoms with Gasteiger partial charge in [0.2, 0.25) is 0 Å². The summed E-state index contributed by atoms with van der Waals surface area (Å²) in [7, 11) is 0. The molecule has 1 aromatic heterocycles. The Hall–Kier alpha value is -2.66. The predicted molar refractivity (Wildman–Crippen MR) is 113 cm³/mol. The first-order chi connectivity index (χ1) is 13.6. The monoisotopic (exact) mass is 377 g/mol. The lowest BCUT2D eigenvalue weighted by atomic mass is 9.90. The van der Waals surface area contributed by atoms with Gasteiger partial charge in [0.05, 0.1) is 10.9 Å².